The number of nitrogens with one attached hydrogen (secondary N) is 4. The molecule has 30 heteroatoms. The van der Waals surface area contributed by atoms with Gasteiger partial charge in [-0.2, -0.15) is 0 Å². The van der Waals surface area contributed by atoms with E-state index in [-0.39, 0.29) is 69.1 Å². The van der Waals surface area contributed by atoms with E-state index in [1.165, 1.54) is 120 Å². The van der Waals surface area contributed by atoms with Crippen LogP contribution in [0.4, 0.5) is 4.79 Å². The van der Waals surface area contributed by atoms with Gasteiger partial charge in [0.15, 0.2) is 0 Å². The van der Waals surface area contributed by atoms with E-state index in [2.05, 4.69) is 21.3 Å². The van der Waals surface area contributed by atoms with Crippen LogP contribution in [0, 0.1) is 41.4 Å². The first-order valence-corrected chi connectivity index (χ1v) is 37.7. The third-order valence-electron chi connectivity index (χ3n) is 19.1. The SMILES string of the molecule is C/C=C/C[C@@H](C)[C@@H](OC(C)=O)[C@@H](C(=O)N[C@@H](CCC)C(=O)OCCN(C)C(C)=O)N(C)C(=O)[C@H](C(C)C)N(C)C(=O)[C@H](CC(C)C)N(C)C(=O)[C@H](CC(C)C)N(C)C(=O)[C@@H](C)NC(=O)[C@H](C)NC(=O)[C@H](CC(C)C)N(C)C(=O)[C@@H](NC(=O)[C@H]([C@H](C)CCOC)N(C)C(=O)[C@@H](C)N(C)C(=O)OC(C)(C)C)C(C)C. The number of nitrogens with zero attached hydrogens (tertiary/aromatic N) is 8. The van der Waals surface area contributed by atoms with Crippen LogP contribution in [-0.4, -0.2) is 284 Å². The fraction of sp³-hybridized carbons (Fsp3) is 0.792. The Hall–Kier alpha value is -7.92. The van der Waals surface area contributed by atoms with Crippen molar-refractivity contribution in [3.63, 3.8) is 0 Å². The van der Waals surface area contributed by atoms with Crippen LogP contribution in [0.2, 0.25) is 0 Å². The van der Waals surface area contributed by atoms with Crippen LogP contribution >= 0.6 is 0 Å². The van der Waals surface area contributed by atoms with E-state index < -0.39 is 179 Å². The molecule has 0 unspecified atom stereocenters. The van der Waals surface area contributed by atoms with E-state index >= 15 is 14.4 Å². The molecule has 30 nitrogen and oxygen atoms in total. The molecule has 0 saturated heterocycles. The lowest BCUT2D eigenvalue weighted by atomic mass is 9.91. The van der Waals surface area contributed by atoms with Gasteiger partial charge in [-0.15, -0.1) is 0 Å². The summed E-state index contributed by atoms with van der Waals surface area (Å²) in [4.78, 5) is 209. The zero-order valence-electron chi connectivity index (χ0n) is 70.6. The second-order valence-corrected chi connectivity index (χ2v) is 31.7. The van der Waals surface area contributed by atoms with Gasteiger partial charge in [-0.1, -0.05) is 109 Å². The molecule has 614 valence electrons. The van der Waals surface area contributed by atoms with E-state index in [0.29, 0.717) is 19.3 Å². The summed E-state index contributed by atoms with van der Waals surface area (Å²) in [5.74, 6) is -11.6. The summed E-state index contributed by atoms with van der Waals surface area (Å²) in [7, 11) is 13.0. The van der Waals surface area contributed by atoms with Crippen molar-refractivity contribution in [1.82, 2.24) is 60.5 Å². The molecule has 0 rings (SSSR count). The number of amides is 12. The minimum absolute atomic E-state index is 0.0884. The number of rotatable bonds is 44. The van der Waals surface area contributed by atoms with Gasteiger partial charge in [-0.3, -0.25) is 62.4 Å². The highest BCUT2D eigenvalue weighted by Crippen LogP contribution is 2.28. The lowest BCUT2D eigenvalue weighted by molar-refractivity contribution is -0.164. The first-order valence-electron chi connectivity index (χ1n) is 37.7. The van der Waals surface area contributed by atoms with Gasteiger partial charge < -0.3 is 74.5 Å². The molecule has 107 heavy (non-hydrogen) atoms. The van der Waals surface area contributed by atoms with Crippen molar-refractivity contribution in [2.75, 3.05) is 83.2 Å². The van der Waals surface area contributed by atoms with E-state index in [1.807, 2.05) is 47.6 Å². The molecule has 0 aromatic heterocycles. The predicted octanol–water partition coefficient (Wildman–Crippen LogP) is 5.66. The number of hydrogen-bond acceptors (Lipinski definition) is 18. The lowest BCUT2D eigenvalue weighted by Gasteiger charge is -2.42. The van der Waals surface area contributed by atoms with E-state index in [9.17, 15) is 52.7 Å². The van der Waals surface area contributed by atoms with Crippen molar-refractivity contribution in [1.29, 1.82) is 0 Å². The monoisotopic (exact) mass is 1520 g/mol. The highest BCUT2D eigenvalue weighted by atomic mass is 16.6. The normalized spacial score (nSPS) is 15.7. The zero-order chi connectivity index (χ0) is 83.3. The second-order valence-electron chi connectivity index (χ2n) is 31.7. The number of carbonyl (C=O) groups is 14. The average molecular weight is 1520 g/mol. The number of esters is 2. The van der Waals surface area contributed by atoms with Gasteiger partial charge in [0.2, 0.25) is 65.0 Å². The fourth-order valence-electron chi connectivity index (χ4n) is 12.4. The van der Waals surface area contributed by atoms with Crippen LogP contribution in [0.15, 0.2) is 12.2 Å². The highest BCUT2D eigenvalue weighted by molar-refractivity contribution is 5.99. The largest absolute Gasteiger partial charge is 0.462 e. The van der Waals surface area contributed by atoms with E-state index in [1.54, 1.807) is 89.3 Å². The Morgan fingerprint density at radius 3 is 1.39 bits per heavy atom. The molecule has 0 heterocycles. The Balaban J connectivity index is 7.26. The second kappa shape index (κ2) is 46.4. The van der Waals surface area contributed by atoms with Gasteiger partial charge in [0.25, 0.3) is 0 Å². The number of methoxy groups -OCH3 is 1. The van der Waals surface area contributed by atoms with Crippen molar-refractivity contribution >= 4 is 83.0 Å². The quantitative estimate of drug-likeness (QED) is 0.0325. The number of carbonyl (C=O) groups excluding carboxylic acids is 14. The topological polar surface area (TPSA) is 350 Å². The summed E-state index contributed by atoms with van der Waals surface area (Å²) in [5, 5.41) is 11.0. The van der Waals surface area contributed by atoms with Crippen LogP contribution in [0.25, 0.3) is 0 Å². The van der Waals surface area contributed by atoms with Gasteiger partial charge >= 0.3 is 18.0 Å². The van der Waals surface area contributed by atoms with E-state index in [0.717, 1.165) is 9.80 Å². The Kier molecular flexibility index (Phi) is 43.0. The molecular weight excluding hydrogens is 1380 g/mol. The van der Waals surface area contributed by atoms with Crippen LogP contribution in [0.3, 0.4) is 0 Å². The van der Waals surface area contributed by atoms with Gasteiger partial charge in [-0.25, -0.2) is 9.59 Å². The molecule has 0 aliphatic rings. The van der Waals surface area contributed by atoms with Gasteiger partial charge in [-0.05, 0) is 128 Å². The smallest absolute Gasteiger partial charge is 0.410 e. The molecule has 0 bridgehead atoms. The first kappa shape index (κ1) is 99.1. The average Bonchev–Trinajstić information content (AvgIpc) is 0.810. The van der Waals surface area contributed by atoms with Crippen LogP contribution in [0.5, 0.6) is 0 Å². The summed E-state index contributed by atoms with van der Waals surface area (Å²) in [5.41, 5.74) is -0.846. The number of hydrogen-bond donors (Lipinski definition) is 4. The molecule has 0 spiro atoms. The van der Waals surface area contributed by atoms with Crippen LogP contribution < -0.4 is 21.3 Å². The summed E-state index contributed by atoms with van der Waals surface area (Å²) < 4.78 is 22.2. The predicted molar refractivity (Wildman–Crippen MR) is 409 cm³/mol. The Morgan fingerprint density at radius 2 is 0.935 bits per heavy atom. The number of allylic oxidation sites excluding steroid dienone is 2. The Morgan fingerprint density at radius 1 is 0.467 bits per heavy atom. The molecule has 4 N–H and O–H groups in total. The maximum absolute atomic E-state index is 15.4. The minimum atomic E-state index is -1.57. The molecule has 0 radical (unpaired) electrons. The summed E-state index contributed by atoms with van der Waals surface area (Å²) in [6, 6.07) is -13.7. The molecule has 0 fully saturated rings. The molecule has 12 amide bonds. The summed E-state index contributed by atoms with van der Waals surface area (Å²) in [6.45, 7) is 37.2. The van der Waals surface area contributed by atoms with Crippen molar-refractivity contribution in [2.45, 2.75) is 275 Å². The Bertz CT molecular complexity index is 2990. The maximum Gasteiger partial charge on any atom is 0.410 e. The molecule has 0 aliphatic heterocycles. The van der Waals surface area contributed by atoms with Crippen LogP contribution in [0.1, 0.15) is 197 Å². The fourth-order valence-corrected chi connectivity index (χ4v) is 12.4. The first-order chi connectivity index (χ1) is 49.3. The third kappa shape index (κ3) is 31.3. The minimum Gasteiger partial charge on any atom is -0.462 e. The summed E-state index contributed by atoms with van der Waals surface area (Å²) in [6.07, 6.45) is 3.08. The van der Waals surface area contributed by atoms with Crippen molar-refractivity contribution < 1.29 is 86.1 Å². The molecular formula is C77H138N12O18. The standard InChI is InChI=1S/C77H138N12O18/c1-32-34-36-50(14)64(106-55(19)91)63(68(95)80-56(35-33-2)75(102)105-40-38-82(23)54(18)90)89(30)74(101)61(48(11)12)87(28)72(99)59(43-46(7)8)86(27)71(98)58(42-45(5)6)85(26)69(96)52(16)79-65(92)51(15)78-66(93)57(41-44(3)4)84(25)73(100)60(47(9)10)81-67(94)62(49(13)37-39-104-31)88(29)70(97)53(17)83(24)76(103)107-77(20,21)22/h32,34,44-53,56-64H,33,35-43H2,1-31H3,(H,78,93)(H,79,92)(H,80,95)(H,81,94)/b34-32+/t49-,50-,51+,52-,53-,56+,57+,58+,59+,60+,61+,62+,63+,64-/m1/s1. The zero-order valence-corrected chi connectivity index (χ0v) is 70.6. The Labute approximate surface area is 639 Å². The lowest BCUT2D eigenvalue weighted by Crippen LogP contribution is -2.63. The van der Waals surface area contributed by atoms with Crippen LogP contribution in [-0.2, 0) is 81.3 Å². The molecule has 0 aromatic rings. The number of ether oxygens (including phenoxy) is 4. The maximum atomic E-state index is 15.4. The van der Waals surface area contributed by atoms with Gasteiger partial charge in [0.05, 0.1) is 6.54 Å². The van der Waals surface area contributed by atoms with Crippen molar-refractivity contribution in [3.8, 4) is 0 Å². The molecule has 0 aliphatic carbocycles. The van der Waals surface area contributed by atoms with Gasteiger partial charge in [0, 0.05) is 83.9 Å². The highest BCUT2D eigenvalue weighted by Gasteiger charge is 2.47. The molecule has 0 aromatic carbocycles. The molecule has 14 atom stereocenters. The van der Waals surface area contributed by atoms with Crippen molar-refractivity contribution in [2.24, 2.45) is 41.4 Å². The molecule has 0 saturated carbocycles. The number of likely N-dealkylation sites (N-methyl/N-ethyl adjacent to an activating group) is 8. The van der Waals surface area contributed by atoms with Gasteiger partial charge in [0.1, 0.15) is 84.8 Å². The van der Waals surface area contributed by atoms with Crippen molar-refractivity contribution in [3.05, 3.63) is 12.2 Å². The third-order valence-corrected chi connectivity index (χ3v) is 19.1. The van der Waals surface area contributed by atoms with E-state index in [4.69, 9.17) is 18.9 Å². The summed E-state index contributed by atoms with van der Waals surface area (Å²) >= 11 is 0.